The van der Waals surface area contributed by atoms with E-state index in [0.717, 1.165) is 5.56 Å². The number of hydrogen-bond acceptors (Lipinski definition) is 2. The van der Waals surface area contributed by atoms with E-state index in [1.807, 2.05) is 6.07 Å². The van der Waals surface area contributed by atoms with E-state index in [4.69, 9.17) is 16.3 Å². The summed E-state index contributed by atoms with van der Waals surface area (Å²) < 4.78 is 4.80. The molecule has 0 radical (unpaired) electrons. The van der Waals surface area contributed by atoms with Gasteiger partial charge in [-0.05, 0) is 17.7 Å². The Morgan fingerprint density at radius 3 is 2.92 bits per heavy atom. The van der Waals surface area contributed by atoms with Gasteiger partial charge in [0.2, 0.25) is 0 Å². The Hall–Kier alpha value is -0.570. The lowest BCUT2D eigenvalue weighted by Gasteiger charge is -2.09. The largest absolute Gasteiger partial charge is 0.386 e. The minimum absolute atomic E-state index is 0.292. The number of methoxy groups -OCH3 is 1. The Labute approximate surface area is 76.7 Å². The maximum absolute atomic E-state index is 9.46. The van der Waals surface area contributed by atoms with Crippen LogP contribution >= 0.6 is 11.6 Å². The summed E-state index contributed by atoms with van der Waals surface area (Å²) in [5.74, 6) is 0. The van der Waals surface area contributed by atoms with Crippen LogP contribution in [-0.4, -0.2) is 18.8 Å². The molecule has 2 nitrogen and oxygen atoms in total. The van der Waals surface area contributed by atoms with Crippen molar-refractivity contribution < 1.29 is 9.84 Å². The van der Waals surface area contributed by atoms with Crippen LogP contribution in [0.3, 0.4) is 0 Å². The van der Waals surface area contributed by atoms with Gasteiger partial charge in [-0.2, -0.15) is 0 Å². The molecule has 0 saturated carbocycles. The molecule has 0 heterocycles. The first-order valence-corrected chi connectivity index (χ1v) is 4.04. The molecule has 1 atom stereocenters. The zero-order valence-electron chi connectivity index (χ0n) is 6.83. The molecule has 1 N–H and O–H groups in total. The molecule has 3 heteroatoms. The van der Waals surface area contributed by atoms with Gasteiger partial charge in [-0.25, -0.2) is 0 Å². The normalized spacial score (nSPS) is 12.9. The Morgan fingerprint density at radius 1 is 1.58 bits per heavy atom. The summed E-state index contributed by atoms with van der Waals surface area (Å²) in [4.78, 5) is 0. The van der Waals surface area contributed by atoms with Crippen LogP contribution in [0.25, 0.3) is 0 Å². The van der Waals surface area contributed by atoms with Crippen LogP contribution in [0.1, 0.15) is 11.7 Å². The van der Waals surface area contributed by atoms with E-state index in [0.29, 0.717) is 11.6 Å². The predicted molar refractivity (Wildman–Crippen MR) is 48.3 cm³/mol. The lowest BCUT2D eigenvalue weighted by Crippen LogP contribution is -2.04. The highest BCUT2D eigenvalue weighted by atomic mass is 35.5. The molecule has 66 valence electrons. The van der Waals surface area contributed by atoms with Crippen molar-refractivity contribution in [1.29, 1.82) is 0 Å². The van der Waals surface area contributed by atoms with Crippen LogP contribution in [0, 0.1) is 0 Å². The molecule has 0 saturated heterocycles. The van der Waals surface area contributed by atoms with Crippen LogP contribution in [0.5, 0.6) is 0 Å². The van der Waals surface area contributed by atoms with Gasteiger partial charge in [-0.3, -0.25) is 0 Å². The third kappa shape index (κ3) is 2.48. The van der Waals surface area contributed by atoms with Gasteiger partial charge in [0.05, 0.1) is 6.61 Å². The molecule has 1 unspecified atom stereocenters. The van der Waals surface area contributed by atoms with Gasteiger partial charge in [0.25, 0.3) is 0 Å². The number of halogens is 1. The number of ether oxygens (including phenoxy) is 1. The van der Waals surface area contributed by atoms with Gasteiger partial charge in [-0.1, -0.05) is 23.7 Å². The molecular weight excluding hydrogens is 176 g/mol. The van der Waals surface area contributed by atoms with Crippen LogP contribution in [0.15, 0.2) is 24.3 Å². The molecule has 12 heavy (non-hydrogen) atoms. The van der Waals surface area contributed by atoms with Crippen molar-refractivity contribution in [2.45, 2.75) is 6.10 Å². The van der Waals surface area contributed by atoms with Crippen molar-refractivity contribution >= 4 is 11.6 Å². The lowest BCUT2D eigenvalue weighted by atomic mass is 10.1. The summed E-state index contributed by atoms with van der Waals surface area (Å²) in [7, 11) is 1.55. The zero-order chi connectivity index (χ0) is 8.97. The molecule has 0 fully saturated rings. The molecule has 1 aromatic carbocycles. The van der Waals surface area contributed by atoms with E-state index < -0.39 is 6.10 Å². The van der Waals surface area contributed by atoms with Crippen LogP contribution in [-0.2, 0) is 4.74 Å². The highest BCUT2D eigenvalue weighted by Crippen LogP contribution is 2.17. The van der Waals surface area contributed by atoms with E-state index in [2.05, 4.69) is 0 Å². The number of aliphatic hydroxyl groups is 1. The second-order valence-electron chi connectivity index (χ2n) is 2.53. The molecule has 0 aliphatic rings. The third-order valence-corrected chi connectivity index (χ3v) is 1.79. The maximum atomic E-state index is 9.46. The minimum Gasteiger partial charge on any atom is -0.386 e. The Bertz CT molecular complexity index is 250. The quantitative estimate of drug-likeness (QED) is 0.783. The van der Waals surface area contributed by atoms with E-state index in [9.17, 15) is 5.11 Å². The highest BCUT2D eigenvalue weighted by Gasteiger charge is 2.05. The van der Waals surface area contributed by atoms with E-state index in [1.165, 1.54) is 0 Å². The van der Waals surface area contributed by atoms with E-state index >= 15 is 0 Å². The fourth-order valence-corrected chi connectivity index (χ4v) is 1.17. The summed E-state index contributed by atoms with van der Waals surface area (Å²) in [6.45, 7) is 0.292. The van der Waals surface area contributed by atoms with Gasteiger partial charge < -0.3 is 9.84 Å². The van der Waals surface area contributed by atoms with Gasteiger partial charge in [0, 0.05) is 12.1 Å². The first kappa shape index (κ1) is 9.52. The molecule has 0 aromatic heterocycles. The summed E-state index contributed by atoms with van der Waals surface area (Å²) in [5, 5.41) is 10.1. The molecule has 0 aliphatic carbocycles. The third-order valence-electron chi connectivity index (χ3n) is 1.56. The predicted octanol–water partition coefficient (Wildman–Crippen LogP) is 2.02. The lowest BCUT2D eigenvalue weighted by molar-refractivity contribution is 0.0644. The Kier molecular flexibility index (Phi) is 3.53. The van der Waals surface area contributed by atoms with Crippen molar-refractivity contribution in [3.05, 3.63) is 34.9 Å². The van der Waals surface area contributed by atoms with Crippen LogP contribution in [0.2, 0.25) is 5.02 Å². The summed E-state index contributed by atoms with van der Waals surface area (Å²) in [6.07, 6.45) is -0.589. The van der Waals surface area contributed by atoms with Gasteiger partial charge in [-0.15, -0.1) is 0 Å². The van der Waals surface area contributed by atoms with Crippen molar-refractivity contribution in [3.8, 4) is 0 Å². The molecule has 0 spiro atoms. The number of rotatable bonds is 3. The van der Waals surface area contributed by atoms with E-state index in [-0.39, 0.29) is 0 Å². The fraction of sp³-hybridized carbons (Fsp3) is 0.333. The highest BCUT2D eigenvalue weighted by molar-refractivity contribution is 6.30. The van der Waals surface area contributed by atoms with Crippen molar-refractivity contribution in [2.24, 2.45) is 0 Å². The van der Waals surface area contributed by atoms with Crippen molar-refractivity contribution in [3.63, 3.8) is 0 Å². The zero-order valence-corrected chi connectivity index (χ0v) is 7.58. The van der Waals surface area contributed by atoms with Gasteiger partial charge in [0.15, 0.2) is 0 Å². The van der Waals surface area contributed by atoms with Crippen molar-refractivity contribution in [2.75, 3.05) is 13.7 Å². The fourth-order valence-electron chi connectivity index (χ4n) is 0.968. The molecule has 0 bridgehead atoms. The van der Waals surface area contributed by atoms with Crippen LogP contribution < -0.4 is 0 Å². The van der Waals surface area contributed by atoms with E-state index in [1.54, 1.807) is 25.3 Å². The number of aliphatic hydroxyl groups excluding tert-OH is 1. The first-order chi connectivity index (χ1) is 5.74. The van der Waals surface area contributed by atoms with Gasteiger partial charge >= 0.3 is 0 Å². The van der Waals surface area contributed by atoms with Crippen molar-refractivity contribution in [1.82, 2.24) is 0 Å². The standard InChI is InChI=1S/C9H11ClO2/c1-12-6-9(11)7-3-2-4-8(10)5-7/h2-5,9,11H,6H2,1H3. The Morgan fingerprint density at radius 2 is 2.33 bits per heavy atom. The van der Waals surface area contributed by atoms with Crippen LogP contribution in [0.4, 0.5) is 0 Å². The molecular formula is C9H11ClO2. The molecule has 0 amide bonds. The number of hydrogen-bond donors (Lipinski definition) is 1. The average molecular weight is 187 g/mol. The monoisotopic (exact) mass is 186 g/mol. The number of benzene rings is 1. The minimum atomic E-state index is -0.589. The maximum Gasteiger partial charge on any atom is 0.102 e. The molecule has 1 aromatic rings. The summed E-state index contributed by atoms with van der Waals surface area (Å²) >= 11 is 5.74. The summed E-state index contributed by atoms with van der Waals surface area (Å²) in [6, 6.07) is 7.11. The first-order valence-electron chi connectivity index (χ1n) is 3.66. The Balaban J connectivity index is 2.73. The smallest absolute Gasteiger partial charge is 0.102 e. The second-order valence-corrected chi connectivity index (χ2v) is 2.96. The SMILES string of the molecule is COCC(O)c1cccc(Cl)c1. The van der Waals surface area contributed by atoms with Gasteiger partial charge in [0.1, 0.15) is 6.10 Å². The summed E-state index contributed by atoms with van der Waals surface area (Å²) in [5.41, 5.74) is 0.782. The second kappa shape index (κ2) is 4.45. The topological polar surface area (TPSA) is 29.5 Å². The molecule has 1 rings (SSSR count). The average Bonchev–Trinajstić information content (AvgIpc) is 2.05. The molecule has 0 aliphatic heterocycles.